The van der Waals surface area contributed by atoms with E-state index in [1.54, 1.807) is 4.90 Å². The second kappa shape index (κ2) is 3.45. The van der Waals surface area contributed by atoms with Crippen LogP contribution in [0.4, 0.5) is 0 Å². The molecular weight excluding hydrogens is 174 g/mol. The molecule has 2 rings (SSSR count). The standard InChI is InChI=1S/C12H15NO/c1-3-4-9-5-6-10-8-13(2)12(14)11(10)7-9/h5-7H,3-4,8H2,1-2H3. The molecule has 0 unspecified atom stereocenters. The van der Waals surface area contributed by atoms with E-state index >= 15 is 0 Å². The van der Waals surface area contributed by atoms with Gasteiger partial charge in [-0.15, -0.1) is 0 Å². The SMILES string of the molecule is CCCc1ccc2c(c1)C(=O)N(C)C2. The number of fused-ring (bicyclic) bond motifs is 1. The third-order valence-electron chi connectivity index (χ3n) is 2.70. The van der Waals surface area contributed by atoms with Crippen molar-refractivity contribution in [2.75, 3.05) is 7.05 Å². The molecule has 0 aromatic heterocycles. The zero-order valence-corrected chi connectivity index (χ0v) is 8.71. The second-order valence-corrected chi connectivity index (χ2v) is 3.90. The molecule has 0 fully saturated rings. The maximum absolute atomic E-state index is 11.7. The van der Waals surface area contributed by atoms with Crippen LogP contribution in [0.5, 0.6) is 0 Å². The van der Waals surface area contributed by atoms with Crippen LogP contribution in [-0.4, -0.2) is 17.9 Å². The van der Waals surface area contributed by atoms with Gasteiger partial charge in [-0.25, -0.2) is 0 Å². The lowest BCUT2D eigenvalue weighted by atomic mass is 10.0. The lowest BCUT2D eigenvalue weighted by Crippen LogP contribution is -2.17. The van der Waals surface area contributed by atoms with Gasteiger partial charge in [0.2, 0.25) is 0 Å². The molecule has 1 heterocycles. The normalized spacial score (nSPS) is 14.7. The van der Waals surface area contributed by atoms with Gasteiger partial charge in [0.1, 0.15) is 0 Å². The number of amides is 1. The van der Waals surface area contributed by atoms with Crippen LogP contribution in [0.2, 0.25) is 0 Å². The van der Waals surface area contributed by atoms with Crippen LogP contribution >= 0.6 is 0 Å². The molecule has 0 N–H and O–H groups in total. The first-order chi connectivity index (χ1) is 6.72. The maximum Gasteiger partial charge on any atom is 0.254 e. The minimum atomic E-state index is 0.165. The first kappa shape index (κ1) is 9.25. The Morgan fingerprint density at radius 1 is 1.43 bits per heavy atom. The van der Waals surface area contributed by atoms with E-state index < -0.39 is 0 Å². The first-order valence-corrected chi connectivity index (χ1v) is 5.09. The fourth-order valence-electron chi connectivity index (χ4n) is 1.94. The molecule has 1 aromatic rings. The van der Waals surface area contributed by atoms with Crippen molar-refractivity contribution in [3.63, 3.8) is 0 Å². The van der Waals surface area contributed by atoms with Gasteiger partial charge >= 0.3 is 0 Å². The van der Waals surface area contributed by atoms with Crippen LogP contribution in [0, 0.1) is 0 Å². The van der Waals surface area contributed by atoms with Gasteiger partial charge in [0.25, 0.3) is 5.91 Å². The number of nitrogens with zero attached hydrogens (tertiary/aromatic N) is 1. The van der Waals surface area contributed by atoms with Crippen molar-refractivity contribution < 1.29 is 4.79 Å². The number of benzene rings is 1. The third kappa shape index (κ3) is 1.41. The molecule has 0 atom stereocenters. The summed E-state index contributed by atoms with van der Waals surface area (Å²) in [5.41, 5.74) is 3.34. The zero-order chi connectivity index (χ0) is 10.1. The summed E-state index contributed by atoms with van der Waals surface area (Å²) in [4.78, 5) is 13.4. The van der Waals surface area contributed by atoms with Gasteiger partial charge in [0.15, 0.2) is 0 Å². The van der Waals surface area contributed by atoms with Crippen LogP contribution < -0.4 is 0 Å². The maximum atomic E-state index is 11.7. The van der Waals surface area contributed by atoms with Gasteiger partial charge in [-0.1, -0.05) is 25.5 Å². The molecule has 1 aliphatic heterocycles. The summed E-state index contributed by atoms with van der Waals surface area (Å²) in [5, 5.41) is 0. The molecule has 1 aliphatic rings. The monoisotopic (exact) mass is 189 g/mol. The van der Waals surface area contributed by atoms with Crippen LogP contribution in [0.3, 0.4) is 0 Å². The van der Waals surface area contributed by atoms with Crippen molar-refractivity contribution in [1.29, 1.82) is 0 Å². The summed E-state index contributed by atoms with van der Waals surface area (Å²) in [6.45, 7) is 2.92. The van der Waals surface area contributed by atoms with Gasteiger partial charge in [-0.2, -0.15) is 0 Å². The van der Waals surface area contributed by atoms with Crippen molar-refractivity contribution in [2.45, 2.75) is 26.3 Å². The van der Waals surface area contributed by atoms with Crippen LogP contribution in [0.25, 0.3) is 0 Å². The van der Waals surface area contributed by atoms with E-state index in [2.05, 4.69) is 19.1 Å². The summed E-state index contributed by atoms with van der Waals surface area (Å²) >= 11 is 0. The molecule has 14 heavy (non-hydrogen) atoms. The summed E-state index contributed by atoms with van der Waals surface area (Å²) in [6.07, 6.45) is 2.19. The lowest BCUT2D eigenvalue weighted by Gasteiger charge is -2.04. The number of carbonyl (C=O) groups is 1. The van der Waals surface area contributed by atoms with Gasteiger partial charge in [0.05, 0.1) is 0 Å². The number of hydrogen-bond acceptors (Lipinski definition) is 1. The molecular formula is C12H15NO. The smallest absolute Gasteiger partial charge is 0.254 e. The average molecular weight is 189 g/mol. The molecule has 1 aromatic carbocycles. The lowest BCUT2D eigenvalue weighted by molar-refractivity contribution is 0.0816. The number of hydrogen-bond donors (Lipinski definition) is 0. The Morgan fingerprint density at radius 3 is 2.93 bits per heavy atom. The molecule has 0 bridgehead atoms. The minimum absolute atomic E-state index is 0.165. The van der Waals surface area contributed by atoms with E-state index in [0.29, 0.717) is 0 Å². The highest BCUT2D eigenvalue weighted by atomic mass is 16.2. The number of rotatable bonds is 2. The Kier molecular flexibility index (Phi) is 2.28. The van der Waals surface area contributed by atoms with Crippen LogP contribution in [-0.2, 0) is 13.0 Å². The highest BCUT2D eigenvalue weighted by Gasteiger charge is 2.23. The Balaban J connectivity index is 2.36. The van der Waals surface area contributed by atoms with Crippen molar-refractivity contribution >= 4 is 5.91 Å². The Morgan fingerprint density at radius 2 is 2.21 bits per heavy atom. The zero-order valence-electron chi connectivity index (χ0n) is 8.71. The van der Waals surface area contributed by atoms with Crippen molar-refractivity contribution in [2.24, 2.45) is 0 Å². The van der Waals surface area contributed by atoms with E-state index in [0.717, 1.165) is 30.5 Å². The third-order valence-corrected chi connectivity index (χ3v) is 2.70. The van der Waals surface area contributed by atoms with E-state index in [1.165, 1.54) is 5.56 Å². The largest absolute Gasteiger partial charge is 0.337 e. The minimum Gasteiger partial charge on any atom is -0.337 e. The van der Waals surface area contributed by atoms with E-state index in [9.17, 15) is 4.79 Å². The Bertz CT molecular complexity index is 371. The summed E-state index contributed by atoms with van der Waals surface area (Å²) < 4.78 is 0. The van der Waals surface area contributed by atoms with Crippen molar-refractivity contribution in [1.82, 2.24) is 4.90 Å². The summed E-state index contributed by atoms with van der Waals surface area (Å²) in [7, 11) is 1.85. The molecule has 2 heteroatoms. The molecule has 0 aliphatic carbocycles. The predicted octanol–water partition coefficient (Wildman–Crippen LogP) is 2.22. The number of carbonyl (C=O) groups excluding carboxylic acids is 1. The van der Waals surface area contributed by atoms with Crippen molar-refractivity contribution in [3.05, 3.63) is 34.9 Å². The molecule has 74 valence electrons. The molecule has 0 saturated carbocycles. The molecule has 0 radical (unpaired) electrons. The second-order valence-electron chi connectivity index (χ2n) is 3.90. The van der Waals surface area contributed by atoms with Gasteiger partial charge in [-0.05, 0) is 23.6 Å². The highest BCUT2D eigenvalue weighted by Crippen LogP contribution is 2.22. The molecule has 0 saturated heterocycles. The Labute approximate surface area is 84.5 Å². The fourth-order valence-corrected chi connectivity index (χ4v) is 1.94. The predicted molar refractivity (Wildman–Crippen MR) is 56.2 cm³/mol. The van der Waals surface area contributed by atoms with E-state index in [-0.39, 0.29) is 5.91 Å². The van der Waals surface area contributed by atoms with Crippen LogP contribution in [0.1, 0.15) is 34.8 Å². The van der Waals surface area contributed by atoms with Gasteiger partial charge < -0.3 is 4.90 Å². The number of aryl methyl sites for hydroxylation is 1. The average Bonchev–Trinajstić information content (AvgIpc) is 2.45. The van der Waals surface area contributed by atoms with Gasteiger partial charge in [0, 0.05) is 19.2 Å². The highest BCUT2D eigenvalue weighted by molar-refractivity contribution is 5.98. The van der Waals surface area contributed by atoms with Crippen molar-refractivity contribution in [3.8, 4) is 0 Å². The quantitative estimate of drug-likeness (QED) is 0.698. The van der Waals surface area contributed by atoms with E-state index in [1.807, 2.05) is 13.1 Å². The molecule has 2 nitrogen and oxygen atoms in total. The summed E-state index contributed by atoms with van der Waals surface area (Å²) in [6, 6.07) is 6.27. The van der Waals surface area contributed by atoms with E-state index in [4.69, 9.17) is 0 Å². The van der Waals surface area contributed by atoms with Crippen LogP contribution in [0.15, 0.2) is 18.2 Å². The first-order valence-electron chi connectivity index (χ1n) is 5.09. The Hall–Kier alpha value is -1.31. The fraction of sp³-hybridized carbons (Fsp3) is 0.417. The topological polar surface area (TPSA) is 20.3 Å². The summed E-state index contributed by atoms with van der Waals surface area (Å²) in [5.74, 6) is 0.165. The molecule has 1 amide bonds. The molecule has 0 spiro atoms. The van der Waals surface area contributed by atoms with Gasteiger partial charge in [-0.3, -0.25) is 4.79 Å².